The van der Waals surface area contributed by atoms with E-state index in [1.807, 2.05) is 49.9 Å². The highest BCUT2D eigenvalue weighted by Crippen LogP contribution is 2.33. The molecule has 8 nitrogen and oxygen atoms in total. The summed E-state index contributed by atoms with van der Waals surface area (Å²) in [6.45, 7) is 7.09. The molecule has 2 amide bonds. The van der Waals surface area contributed by atoms with Gasteiger partial charge in [0.15, 0.2) is 11.0 Å². The first-order chi connectivity index (χ1) is 21.5. The van der Waals surface area contributed by atoms with Gasteiger partial charge in [0.05, 0.1) is 5.69 Å². The van der Waals surface area contributed by atoms with Crippen LogP contribution in [0.5, 0.6) is 5.75 Å². The number of aromatic nitrogens is 3. The average Bonchev–Trinajstić information content (AvgIpc) is 3.50. The predicted octanol–water partition coefficient (Wildman–Crippen LogP) is 7.91. The van der Waals surface area contributed by atoms with Crippen molar-refractivity contribution in [1.29, 1.82) is 0 Å². The molecule has 1 atom stereocenters. The SMILES string of the molecule is CC(C)c1cc(F)ccc1N1CCCSC1=NC(=O)NCC(C)c1ccc(-c2ncn(-c3ccc(OC(F)(F)F)cc3)n2)cc1. The molecule has 0 spiro atoms. The number of nitrogens with zero attached hydrogens (tertiary/aromatic N) is 5. The quantitative estimate of drug-likeness (QED) is 0.197. The molecule has 5 rings (SSSR count). The van der Waals surface area contributed by atoms with Crippen molar-refractivity contribution in [2.75, 3.05) is 23.7 Å². The number of anilines is 1. The van der Waals surface area contributed by atoms with E-state index in [4.69, 9.17) is 0 Å². The minimum absolute atomic E-state index is 0.00842. The Bertz CT molecular complexity index is 1660. The predicted molar refractivity (Wildman–Crippen MR) is 168 cm³/mol. The number of halogens is 4. The first-order valence-corrected chi connectivity index (χ1v) is 15.4. The molecule has 0 bridgehead atoms. The molecule has 1 unspecified atom stereocenters. The van der Waals surface area contributed by atoms with Crippen molar-refractivity contribution in [3.63, 3.8) is 0 Å². The van der Waals surface area contributed by atoms with Gasteiger partial charge in [-0.2, -0.15) is 4.99 Å². The highest BCUT2D eigenvalue weighted by molar-refractivity contribution is 8.14. The number of hydrogen-bond donors (Lipinski definition) is 1. The van der Waals surface area contributed by atoms with E-state index >= 15 is 0 Å². The third-order valence-corrected chi connectivity index (χ3v) is 8.27. The molecule has 1 N–H and O–H groups in total. The molecular formula is C32H32F4N6O2S. The number of ether oxygens (including phenoxy) is 1. The summed E-state index contributed by atoms with van der Waals surface area (Å²) in [7, 11) is 0. The van der Waals surface area contributed by atoms with Gasteiger partial charge in [-0.25, -0.2) is 18.9 Å². The summed E-state index contributed by atoms with van der Waals surface area (Å²) in [4.78, 5) is 23.6. The van der Waals surface area contributed by atoms with Crippen molar-refractivity contribution < 1.29 is 27.1 Å². The topological polar surface area (TPSA) is 84.6 Å². The maximum Gasteiger partial charge on any atom is 0.573 e. The van der Waals surface area contributed by atoms with Gasteiger partial charge < -0.3 is 15.0 Å². The van der Waals surface area contributed by atoms with Gasteiger partial charge in [-0.05, 0) is 71.8 Å². The molecule has 0 aliphatic carbocycles. The Balaban J connectivity index is 1.20. The third-order valence-electron chi connectivity index (χ3n) is 7.21. The Morgan fingerprint density at radius 3 is 2.49 bits per heavy atom. The van der Waals surface area contributed by atoms with E-state index < -0.39 is 12.4 Å². The number of amides is 2. The number of alkyl halides is 3. The second-order valence-electron chi connectivity index (χ2n) is 10.9. The van der Waals surface area contributed by atoms with Crippen LogP contribution in [0, 0.1) is 5.82 Å². The minimum atomic E-state index is -4.76. The number of urea groups is 1. The zero-order chi connectivity index (χ0) is 32.1. The van der Waals surface area contributed by atoms with Crippen LogP contribution < -0.4 is 15.0 Å². The fraction of sp³-hybridized carbons (Fsp3) is 0.312. The van der Waals surface area contributed by atoms with Gasteiger partial charge in [-0.15, -0.1) is 18.3 Å². The van der Waals surface area contributed by atoms with E-state index in [0.29, 0.717) is 29.8 Å². The van der Waals surface area contributed by atoms with Gasteiger partial charge in [0.25, 0.3) is 0 Å². The van der Waals surface area contributed by atoms with E-state index in [9.17, 15) is 22.4 Å². The van der Waals surface area contributed by atoms with Gasteiger partial charge in [-0.3, -0.25) is 0 Å². The van der Waals surface area contributed by atoms with Crippen LogP contribution >= 0.6 is 11.8 Å². The van der Waals surface area contributed by atoms with Gasteiger partial charge >= 0.3 is 12.4 Å². The smallest absolute Gasteiger partial charge is 0.406 e. The van der Waals surface area contributed by atoms with Crippen LogP contribution in [0.3, 0.4) is 0 Å². The number of rotatable bonds is 8. The van der Waals surface area contributed by atoms with Crippen LogP contribution in [0.25, 0.3) is 17.1 Å². The van der Waals surface area contributed by atoms with Crippen molar-refractivity contribution in [3.8, 4) is 22.8 Å². The summed E-state index contributed by atoms with van der Waals surface area (Å²) in [6, 6.07) is 17.3. The van der Waals surface area contributed by atoms with Crippen LogP contribution in [0.4, 0.5) is 28.0 Å². The van der Waals surface area contributed by atoms with Crippen molar-refractivity contribution in [2.24, 2.45) is 4.99 Å². The number of hydrogen-bond acceptors (Lipinski definition) is 5. The largest absolute Gasteiger partial charge is 0.573 e. The molecule has 0 radical (unpaired) electrons. The zero-order valence-electron chi connectivity index (χ0n) is 24.9. The second kappa shape index (κ2) is 13.7. The standard InChI is InChI=1S/C32H32F4N6O2S/c1-20(2)27-17-24(33)9-14-28(27)41-15-4-16-45-31(41)39-30(43)37-18-21(3)22-5-7-23(8-6-22)29-38-19-42(40-29)25-10-12-26(13-11-25)44-32(34,35)36/h5-14,17,19-21H,4,15-16,18H2,1-3H3,(H,37,43). The number of benzene rings is 3. The lowest BCUT2D eigenvalue weighted by Crippen LogP contribution is -2.37. The number of carbonyl (C=O) groups excluding carboxylic acids is 1. The molecule has 1 aliphatic heterocycles. The van der Waals surface area contributed by atoms with Gasteiger partial charge in [0.2, 0.25) is 0 Å². The van der Waals surface area contributed by atoms with Crippen LogP contribution in [0.2, 0.25) is 0 Å². The van der Waals surface area contributed by atoms with E-state index in [1.54, 1.807) is 12.1 Å². The summed E-state index contributed by atoms with van der Waals surface area (Å²) in [5.41, 5.74) is 4.02. The molecule has 2 heterocycles. The first kappa shape index (κ1) is 32.0. The molecular weight excluding hydrogens is 608 g/mol. The number of nitrogens with one attached hydrogen (secondary N) is 1. The monoisotopic (exact) mass is 640 g/mol. The van der Waals surface area contributed by atoms with E-state index in [1.165, 1.54) is 53.1 Å². The zero-order valence-corrected chi connectivity index (χ0v) is 25.7. The summed E-state index contributed by atoms with van der Waals surface area (Å²) in [6.07, 6.45) is -2.35. The summed E-state index contributed by atoms with van der Waals surface area (Å²) >= 11 is 1.51. The number of thioether (sulfide) groups is 1. The Kier molecular flexibility index (Phi) is 9.76. The van der Waals surface area contributed by atoms with Gasteiger partial charge in [0, 0.05) is 30.1 Å². The Morgan fingerprint density at radius 1 is 1.07 bits per heavy atom. The molecule has 1 aromatic heterocycles. The Labute approximate surface area is 262 Å². The van der Waals surface area contributed by atoms with Crippen molar-refractivity contribution >= 4 is 28.6 Å². The highest BCUT2D eigenvalue weighted by Gasteiger charge is 2.31. The Morgan fingerprint density at radius 2 is 1.80 bits per heavy atom. The molecule has 1 aliphatic rings. The van der Waals surface area contributed by atoms with Gasteiger partial charge in [0.1, 0.15) is 17.9 Å². The second-order valence-corrected chi connectivity index (χ2v) is 11.9. The minimum Gasteiger partial charge on any atom is -0.406 e. The molecule has 45 heavy (non-hydrogen) atoms. The number of carbonyl (C=O) groups is 1. The van der Waals surface area contributed by atoms with Crippen molar-refractivity contribution in [2.45, 2.75) is 45.4 Å². The van der Waals surface area contributed by atoms with Crippen LogP contribution in [0.1, 0.15) is 50.2 Å². The fourth-order valence-electron chi connectivity index (χ4n) is 4.88. The molecule has 1 saturated heterocycles. The molecule has 236 valence electrons. The lowest BCUT2D eigenvalue weighted by Gasteiger charge is -2.32. The van der Waals surface area contributed by atoms with Crippen molar-refractivity contribution in [1.82, 2.24) is 20.1 Å². The average molecular weight is 641 g/mol. The summed E-state index contributed by atoms with van der Waals surface area (Å²) in [5, 5.41) is 7.94. The van der Waals surface area contributed by atoms with Crippen LogP contribution in [-0.4, -0.2) is 51.2 Å². The molecule has 1 fully saturated rings. The first-order valence-electron chi connectivity index (χ1n) is 14.4. The highest BCUT2D eigenvalue weighted by atomic mass is 32.2. The summed E-state index contributed by atoms with van der Waals surface area (Å²) < 4.78 is 56.6. The summed E-state index contributed by atoms with van der Waals surface area (Å²) in [5.74, 6) is 0.790. The van der Waals surface area contributed by atoms with E-state index in [0.717, 1.165) is 34.6 Å². The molecule has 13 heteroatoms. The maximum absolute atomic E-state index is 14.0. The maximum atomic E-state index is 14.0. The third kappa shape index (κ3) is 8.21. The Hall–Kier alpha value is -4.39. The van der Waals surface area contributed by atoms with Crippen LogP contribution in [0.15, 0.2) is 78.0 Å². The molecule has 0 saturated carbocycles. The lowest BCUT2D eigenvalue weighted by atomic mass is 10.00. The van der Waals surface area contributed by atoms with Gasteiger partial charge in [-0.1, -0.05) is 56.8 Å². The fourth-order valence-corrected chi connectivity index (χ4v) is 5.82. The van der Waals surface area contributed by atoms with Crippen molar-refractivity contribution in [3.05, 3.63) is 90.0 Å². The van der Waals surface area contributed by atoms with E-state index in [-0.39, 0.29) is 23.4 Å². The lowest BCUT2D eigenvalue weighted by molar-refractivity contribution is -0.274. The van der Waals surface area contributed by atoms with E-state index in [2.05, 4.69) is 25.1 Å². The van der Waals surface area contributed by atoms with Crippen LogP contribution in [-0.2, 0) is 0 Å². The molecule has 4 aromatic rings. The molecule has 3 aromatic carbocycles. The number of aliphatic imine (C=N–C) groups is 1. The normalized spacial score (nSPS) is 15.4. The number of amidine groups is 1.